The highest BCUT2D eigenvalue weighted by Crippen LogP contribution is 2.16. The first-order valence-electron chi connectivity index (χ1n) is 8.37. The number of aliphatic hydroxyl groups excluding tert-OH is 1. The molecule has 0 aliphatic heterocycles. The predicted molar refractivity (Wildman–Crippen MR) is 96.6 cm³/mol. The van der Waals surface area contributed by atoms with Crippen molar-refractivity contribution < 1.29 is 19.7 Å². The molecule has 2 aromatic carbocycles. The van der Waals surface area contributed by atoms with Crippen molar-refractivity contribution in [1.82, 2.24) is 5.32 Å². The molecule has 3 N–H and O–H groups in total. The van der Waals surface area contributed by atoms with Crippen molar-refractivity contribution in [3.05, 3.63) is 65.2 Å². The molecule has 0 bridgehead atoms. The van der Waals surface area contributed by atoms with Crippen LogP contribution in [0.4, 0.5) is 0 Å². The molecule has 0 fully saturated rings. The zero-order chi connectivity index (χ0) is 18.2. The first-order valence-corrected chi connectivity index (χ1v) is 8.37. The number of aliphatic hydroxyl groups is 1. The third-order valence-electron chi connectivity index (χ3n) is 4.15. The molecule has 5 nitrogen and oxygen atoms in total. The fraction of sp³-hybridized carbons (Fsp3) is 0.350. The smallest absolute Gasteiger partial charge is 0.337 e. The molecular weight excluding hydrogens is 318 g/mol. The van der Waals surface area contributed by atoms with E-state index in [4.69, 9.17) is 4.74 Å². The van der Waals surface area contributed by atoms with E-state index in [9.17, 15) is 15.0 Å². The summed E-state index contributed by atoms with van der Waals surface area (Å²) in [5.41, 5.74) is 2.40. The predicted octanol–water partition coefficient (Wildman–Crippen LogP) is 2.82. The SMILES string of the molecule is COC(=O)c1cccc(CC[C@@H](C)NCC(O)c2ccc(O)cc2)c1. The van der Waals surface area contributed by atoms with Crippen molar-refractivity contribution in [2.75, 3.05) is 13.7 Å². The highest BCUT2D eigenvalue weighted by atomic mass is 16.5. The highest BCUT2D eigenvalue weighted by molar-refractivity contribution is 5.89. The van der Waals surface area contributed by atoms with Crippen LogP contribution in [0.1, 0.15) is 40.9 Å². The molecule has 2 atom stereocenters. The van der Waals surface area contributed by atoms with Crippen LogP contribution in [0.25, 0.3) is 0 Å². The maximum atomic E-state index is 11.6. The van der Waals surface area contributed by atoms with Gasteiger partial charge in [-0.15, -0.1) is 0 Å². The molecule has 0 heterocycles. The molecule has 0 spiro atoms. The summed E-state index contributed by atoms with van der Waals surface area (Å²) < 4.78 is 4.74. The van der Waals surface area contributed by atoms with Gasteiger partial charge in [-0.1, -0.05) is 24.3 Å². The number of carbonyl (C=O) groups excluding carboxylic acids is 1. The molecule has 134 valence electrons. The minimum absolute atomic E-state index is 0.187. The summed E-state index contributed by atoms with van der Waals surface area (Å²) in [5.74, 6) is -0.142. The van der Waals surface area contributed by atoms with Gasteiger partial charge in [0.05, 0.1) is 18.8 Å². The second-order valence-corrected chi connectivity index (χ2v) is 6.15. The van der Waals surface area contributed by atoms with Gasteiger partial charge < -0.3 is 20.3 Å². The molecule has 0 radical (unpaired) electrons. The summed E-state index contributed by atoms with van der Waals surface area (Å²) in [6, 6.07) is 14.2. The number of benzene rings is 2. The summed E-state index contributed by atoms with van der Waals surface area (Å²) in [6.07, 6.45) is 1.09. The van der Waals surface area contributed by atoms with E-state index in [0.717, 1.165) is 24.0 Å². The van der Waals surface area contributed by atoms with Crippen LogP contribution >= 0.6 is 0 Å². The van der Waals surface area contributed by atoms with Crippen LogP contribution in [-0.4, -0.2) is 35.9 Å². The number of methoxy groups -OCH3 is 1. The number of phenolic OH excluding ortho intramolecular Hbond substituents is 1. The van der Waals surface area contributed by atoms with E-state index in [1.807, 2.05) is 18.2 Å². The summed E-state index contributed by atoms with van der Waals surface area (Å²) in [5, 5.41) is 22.8. The monoisotopic (exact) mass is 343 g/mol. The fourth-order valence-electron chi connectivity index (χ4n) is 2.58. The average molecular weight is 343 g/mol. The van der Waals surface area contributed by atoms with Crippen LogP contribution in [0.2, 0.25) is 0 Å². The van der Waals surface area contributed by atoms with E-state index in [1.54, 1.807) is 30.3 Å². The van der Waals surface area contributed by atoms with Crippen LogP contribution in [0.15, 0.2) is 48.5 Å². The number of esters is 1. The van der Waals surface area contributed by atoms with Gasteiger partial charge in [0, 0.05) is 12.6 Å². The summed E-state index contributed by atoms with van der Waals surface area (Å²) in [4.78, 5) is 11.6. The van der Waals surface area contributed by atoms with Gasteiger partial charge in [0.15, 0.2) is 0 Å². The zero-order valence-electron chi connectivity index (χ0n) is 14.6. The van der Waals surface area contributed by atoms with Crippen molar-refractivity contribution in [3.63, 3.8) is 0 Å². The maximum Gasteiger partial charge on any atom is 0.337 e. The van der Waals surface area contributed by atoms with Crippen LogP contribution in [0, 0.1) is 0 Å². The Hall–Kier alpha value is -2.37. The normalized spacial score (nSPS) is 13.2. The number of hydrogen-bond acceptors (Lipinski definition) is 5. The van der Waals surface area contributed by atoms with E-state index in [-0.39, 0.29) is 17.8 Å². The standard InChI is InChI=1S/C20H25NO4/c1-14(21-13-19(23)16-8-10-18(22)11-9-16)6-7-15-4-3-5-17(12-15)20(24)25-2/h3-5,8-12,14,19,21-23H,6-7,13H2,1-2H3/t14-,19?/m1/s1. The second-order valence-electron chi connectivity index (χ2n) is 6.15. The Bertz CT molecular complexity index is 684. The topological polar surface area (TPSA) is 78.8 Å². The van der Waals surface area contributed by atoms with Crippen molar-refractivity contribution in [2.24, 2.45) is 0 Å². The maximum absolute atomic E-state index is 11.6. The number of rotatable bonds is 8. The number of nitrogens with one attached hydrogen (secondary N) is 1. The Labute approximate surface area is 148 Å². The lowest BCUT2D eigenvalue weighted by Gasteiger charge is -2.17. The highest BCUT2D eigenvalue weighted by Gasteiger charge is 2.10. The Morgan fingerprint density at radius 1 is 1.20 bits per heavy atom. The summed E-state index contributed by atoms with van der Waals surface area (Å²) >= 11 is 0. The Balaban J connectivity index is 1.79. The van der Waals surface area contributed by atoms with Crippen molar-refractivity contribution >= 4 is 5.97 Å². The minimum Gasteiger partial charge on any atom is -0.508 e. The largest absolute Gasteiger partial charge is 0.508 e. The number of ether oxygens (including phenoxy) is 1. The van der Waals surface area contributed by atoms with Crippen LogP contribution in [0.5, 0.6) is 5.75 Å². The Morgan fingerprint density at radius 3 is 2.60 bits per heavy atom. The Kier molecular flexibility index (Phi) is 6.98. The van der Waals surface area contributed by atoms with Crippen molar-refractivity contribution in [1.29, 1.82) is 0 Å². The van der Waals surface area contributed by atoms with Crippen LogP contribution < -0.4 is 5.32 Å². The third-order valence-corrected chi connectivity index (χ3v) is 4.15. The molecule has 5 heteroatoms. The molecule has 1 unspecified atom stereocenters. The molecule has 0 amide bonds. The number of aryl methyl sites for hydroxylation is 1. The molecule has 0 aliphatic rings. The first-order chi connectivity index (χ1) is 12.0. The van der Waals surface area contributed by atoms with E-state index >= 15 is 0 Å². The van der Waals surface area contributed by atoms with Crippen molar-refractivity contribution in [2.45, 2.75) is 31.9 Å². The van der Waals surface area contributed by atoms with Crippen molar-refractivity contribution in [3.8, 4) is 5.75 Å². The molecule has 2 aromatic rings. The van der Waals surface area contributed by atoms with E-state index < -0.39 is 6.10 Å². The molecule has 0 aliphatic carbocycles. The lowest BCUT2D eigenvalue weighted by atomic mass is 10.0. The second kappa shape index (κ2) is 9.20. The van der Waals surface area contributed by atoms with Gasteiger partial charge in [-0.2, -0.15) is 0 Å². The zero-order valence-corrected chi connectivity index (χ0v) is 14.6. The number of aromatic hydroxyl groups is 1. The van der Waals surface area contributed by atoms with Gasteiger partial charge in [-0.3, -0.25) is 0 Å². The molecule has 0 saturated heterocycles. The van der Waals surface area contributed by atoms with Gasteiger partial charge in [0.1, 0.15) is 5.75 Å². The molecule has 0 aromatic heterocycles. The van der Waals surface area contributed by atoms with E-state index in [0.29, 0.717) is 12.1 Å². The molecular formula is C20H25NO4. The van der Waals surface area contributed by atoms with Gasteiger partial charge in [0.2, 0.25) is 0 Å². The fourth-order valence-corrected chi connectivity index (χ4v) is 2.58. The third kappa shape index (κ3) is 5.89. The molecule has 25 heavy (non-hydrogen) atoms. The lowest BCUT2D eigenvalue weighted by Crippen LogP contribution is -2.30. The average Bonchev–Trinajstić information content (AvgIpc) is 2.64. The Morgan fingerprint density at radius 2 is 1.92 bits per heavy atom. The van der Waals surface area contributed by atoms with Crippen LogP contribution in [0.3, 0.4) is 0 Å². The number of carbonyl (C=O) groups is 1. The molecule has 2 rings (SSSR count). The lowest BCUT2D eigenvalue weighted by molar-refractivity contribution is 0.0600. The van der Waals surface area contributed by atoms with Crippen LogP contribution in [-0.2, 0) is 11.2 Å². The summed E-state index contributed by atoms with van der Waals surface area (Å²) in [7, 11) is 1.38. The van der Waals surface area contributed by atoms with Gasteiger partial charge >= 0.3 is 5.97 Å². The van der Waals surface area contributed by atoms with Gasteiger partial charge in [0.25, 0.3) is 0 Å². The number of phenols is 1. The van der Waals surface area contributed by atoms with E-state index in [1.165, 1.54) is 7.11 Å². The summed E-state index contributed by atoms with van der Waals surface area (Å²) in [6.45, 7) is 2.50. The van der Waals surface area contributed by atoms with Gasteiger partial charge in [-0.25, -0.2) is 4.79 Å². The quantitative estimate of drug-likeness (QED) is 0.643. The van der Waals surface area contributed by atoms with E-state index in [2.05, 4.69) is 12.2 Å². The number of hydrogen-bond donors (Lipinski definition) is 3. The molecule has 0 saturated carbocycles. The minimum atomic E-state index is -0.620. The van der Waals surface area contributed by atoms with Gasteiger partial charge in [-0.05, 0) is 55.2 Å². The first kappa shape index (κ1) is 19.0.